The van der Waals surface area contributed by atoms with E-state index in [1.807, 2.05) is 95.5 Å². The summed E-state index contributed by atoms with van der Waals surface area (Å²) in [5.41, 5.74) is 28.7. The molecule has 8 nitrogen and oxygen atoms in total. The lowest BCUT2D eigenvalue weighted by Crippen LogP contribution is -1.94. The Bertz CT molecular complexity index is 6970. The number of benzene rings is 11. The zero-order chi connectivity index (χ0) is 74.3. The van der Waals surface area contributed by atoms with Gasteiger partial charge in [0, 0.05) is 77.6 Å². The monoisotopic (exact) mass is 1460 g/mol. The van der Waals surface area contributed by atoms with Crippen molar-refractivity contribution < 1.29 is 0 Å². The largest absolute Gasteiger partial charge is 0.255 e. The summed E-state index contributed by atoms with van der Waals surface area (Å²) in [6.45, 7) is 0. The molecule has 11 aromatic carbocycles. The summed E-state index contributed by atoms with van der Waals surface area (Å²) < 4.78 is 4.92. The van der Waals surface area contributed by atoms with Crippen molar-refractivity contribution in [2.24, 2.45) is 0 Å². The molecule has 524 valence electrons. The number of rotatable bonds is 13. The first-order valence-electron chi connectivity index (χ1n) is 37.3. The van der Waals surface area contributed by atoms with Gasteiger partial charge in [-0.2, -0.15) is 0 Å². The van der Waals surface area contributed by atoms with E-state index >= 15 is 0 Å². The van der Waals surface area contributed by atoms with E-state index in [0.717, 1.165) is 124 Å². The number of fused-ring (bicyclic) bond motifs is 10. The molecule has 0 aliphatic carbocycles. The van der Waals surface area contributed by atoms with E-state index in [9.17, 15) is 0 Å². The number of hydrogen-bond donors (Lipinski definition) is 0. The molecule has 0 amide bonds. The zero-order valence-electron chi connectivity index (χ0n) is 60.3. The summed E-state index contributed by atoms with van der Waals surface area (Å²) in [6, 6.07) is 128. The van der Waals surface area contributed by atoms with Crippen LogP contribution in [0.2, 0.25) is 0 Å². The maximum Gasteiger partial charge on any atom is 0.0900 e. The molecular weight excluding hydrogens is 1400 g/mol. The van der Waals surface area contributed by atoms with Crippen LogP contribution in [0, 0.1) is 0 Å². The lowest BCUT2D eigenvalue weighted by Gasteiger charge is -2.13. The first-order chi connectivity index (χ1) is 55.5. The van der Waals surface area contributed by atoms with E-state index in [1.165, 1.54) is 84.5 Å². The molecule has 0 saturated heterocycles. The van der Waals surface area contributed by atoms with E-state index in [1.54, 1.807) is 24.8 Å². The molecule has 0 saturated carbocycles. The number of nitrogens with zero attached hydrogens (tertiary/aromatic N) is 8. The summed E-state index contributed by atoms with van der Waals surface area (Å²) in [6.07, 6.45) is 7.21. The van der Waals surface area contributed by atoms with Crippen LogP contribution in [0.4, 0.5) is 0 Å². The third-order valence-corrected chi connectivity index (χ3v) is 23.1. The number of thiophene rings is 2. The second kappa shape index (κ2) is 29.3. The van der Waals surface area contributed by atoms with E-state index in [2.05, 4.69) is 311 Å². The summed E-state index contributed by atoms with van der Waals surface area (Å²) in [7, 11) is 0. The topological polar surface area (TPSA) is 103 Å². The van der Waals surface area contributed by atoms with Crippen molar-refractivity contribution in [1.29, 1.82) is 0 Å². The molecule has 10 heteroatoms. The Hall–Kier alpha value is -14.4. The minimum atomic E-state index is 0.804. The van der Waals surface area contributed by atoms with Gasteiger partial charge in [0.2, 0.25) is 0 Å². The van der Waals surface area contributed by atoms with Crippen molar-refractivity contribution in [3.05, 3.63) is 389 Å². The van der Waals surface area contributed by atoms with Crippen LogP contribution >= 0.6 is 22.7 Å². The van der Waals surface area contributed by atoms with Crippen LogP contribution in [-0.4, -0.2) is 39.9 Å². The molecule has 0 radical (unpaired) electrons. The molecule has 0 spiro atoms. The summed E-state index contributed by atoms with van der Waals surface area (Å²) >= 11 is 3.65. The highest BCUT2D eigenvalue weighted by Gasteiger charge is 2.23. The third kappa shape index (κ3) is 12.9. The van der Waals surface area contributed by atoms with Gasteiger partial charge in [-0.15, -0.1) is 22.7 Å². The Kier molecular flexibility index (Phi) is 17.5. The van der Waals surface area contributed by atoms with Crippen molar-refractivity contribution in [3.63, 3.8) is 0 Å². The predicted molar refractivity (Wildman–Crippen MR) is 467 cm³/mol. The highest BCUT2D eigenvalue weighted by atomic mass is 32.1. The van der Waals surface area contributed by atoms with Gasteiger partial charge in [-0.05, 0) is 193 Å². The van der Waals surface area contributed by atoms with Gasteiger partial charge in [-0.3, -0.25) is 19.9 Å². The highest BCUT2D eigenvalue weighted by molar-refractivity contribution is 7.27. The molecule has 0 aliphatic heterocycles. The van der Waals surface area contributed by atoms with Gasteiger partial charge in [-0.1, -0.05) is 249 Å². The van der Waals surface area contributed by atoms with Gasteiger partial charge < -0.3 is 0 Å². The molecule has 0 aliphatic rings. The molecule has 10 heterocycles. The Morgan fingerprint density at radius 3 is 0.893 bits per heavy atom. The number of hydrogen-bond acceptors (Lipinski definition) is 10. The lowest BCUT2D eigenvalue weighted by molar-refractivity contribution is 1.22. The quantitative estimate of drug-likeness (QED) is 0.112. The van der Waals surface area contributed by atoms with Crippen LogP contribution in [0.5, 0.6) is 0 Å². The van der Waals surface area contributed by atoms with Gasteiger partial charge in [0.05, 0.1) is 77.4 Å². The van der Waals surface area contributed by atoms with Gasteiger partial charge in [0.1, 0.15) is 0 Å². The van der Waals surface area contributed by atoms with Crippen molar-refractivity contribution in [1.82, 2.24) is 39.9 Å². The number of pyridine rings is 8. The lowest BCUT2D eigenvalue weighted by atomic mass is 9.93. The fourth-order valence-electron chi connectivity index (χ4n) is 15.4. The summed E-state index contributed by atoms with van der Waals surface area (Å²) in [5, 5.41) is 7.44. The van der Waals surface area contributed by atoms with Gasteiger partial charge >= 0.3 is 0 Å². The SMILES string of the molecule is c1ccc(-c2ccc(-c3cccc4nc(-c5cccc(-c6cccc(-c7cc(-c8ccccn8)nc(-c8ccccn8)c7)c6)c5)c5sc6ccccc6c5c34)cc2)cc1.c1ccc(-c2cccc3nc(-c4cccc(-c5ccc(-c6cc(-c7ccccn7)nc(-c7ccccn7)c6)cc5)c4)c4sc5ccccc5c4c23)cc1. The predicted octanol–water partition coefficient (Wildman–Crippen LogP) is 27.2. The zero-order valence-corrected chi connectivity index (χ0v) is 62.0. The first-order valence-corrected chi connectivity index (χ1v) is 39.0. The second-order valence-corrected chi connectivity index (χ2v) is 29.8. The average Bonchev–Trinajstić information content (AvgIpc) is 1.59. The third-order valence-electron chi connectivity index (χ3n) is 20.8. The first kappa shape index (κ1) is 67.0. The Morgan fingerprint density at radius 2 is 0.473 bits per heavy atom. The van der Waals surface area contributed by atoms with Crippen LogP contribution in [0.3, 0.4) is 0 Å². The molecule has 0 unspecified atom stereocenters. The summed E-state index contributed by atoms with van der Waals surface area (Å²) in [5.74, 6) is 0. The van der Waals surface area contributed by atoms with Crippen molar-refractivity contribution in [2.45, 2.75) is 0 Å². The summed E-state index contributed by atoms with van der Waals surface area (Å²) in [4.78, 5) is 39.2. The van der Waals surface area contributed by atoms with Crippen LogP contribution in [0.25, 0.3) is 208 Å². The van der Waals surface area contributed by atoms with Crippen molar-refractivity contribution in [3.8, 4) is 146 Å². The van der Waals surface area contributed by atoms with Gasteiger partial charge in [0.25, 0.3) is 0 Å². The van der Waals surface area contributed by atoms with Crippen molar-refractivity contribution >= 4 is 84.8 Å². The average molecular weight is 1470 g/mol. The van der Waals surface area contributed by atoms with Crippen molar-refractivity contribution in [2.75, 3.05) is 0 Å². The molecule has 21 rings (SSSR count). The van der Waals surface area contributed by atoms with Crippen LogP contribution in [-0.2, 0) is 0 Å². The Balaban J connectivity index is 0.000000147. The molecule has 10 aromatic heterocycles. The van der Waals surface area contributed by atoms with E-state index in [-0.39, 0.29) is 0 Å². The molecule has 0 N–H and O–H groups in total. The van der Waals surface area contributed by atoms with E-state index in [4.69, 9.17) is 19.9 Å². The van der Waals surface area contributed by atoms with Gasteiger partial charge in [0.15, 0.2) is 0 Å². The number of aromatic nitrogens is 8. The Labute approximate surface area is 654 Å². The smallest absolute Gasteiger partial charge is 0.0900 e. The van der Waals surface area contributed by atoms with Crippen LogP contribution < -0.4 is 0 Å². The Morgan fingerprint density at radius 1 is 0.179 bits per heavy atom. The normalized spacial score (nSPS) is 11.4. The fourth-order valence-corrected chi connectivity index (χ4v) is 17.9. The fraction of sp³-hybridized carbons (Fsp3) is 0. The maximum atomic E-state index is 5.49. The molecular formula is C102H64N8S2. The van der Waals surface area contributed by atoms with E-state index < -0.39 is 0 Å². The van der Waals surface area contributed by atoms with Gasteiger partial charge in [-0.25, -0.2) is 19.9 Å². The standard InChI is InChI=1S/C54H34N4S.C48H30N4S/c1-2-13-35(14-3-1)36-25-27-37(28-26-36)43-20-12-23-47-51(43)52-44-19-4-5-24-50(44)59-54(52)53(58-47)41-18-11-16-39(32-41)38-15-10-17-40(31-38)42-33-48(45-21-6-8-29-55-45)57-49(34-42)46-22-7-9-30-56-46;1-2-12-33(13-3-1)37-17-11-20-41-45(37)46-38-16-4-5-21-44(38)53-48(46)47(52-41)35-15-10-14-34(28-35)31-22-24-32(25-23-31)36-29-42(39-18-6-8-26-49-39)51-43(30-36)40-19-7-9-27-50-40/h1-34H;1-30H. The minimum Gasteiger partial charge on any atom is -0.255 e. The second-order valence-electron chi connectivity index (χ2n) is 27.7. The highest BCUT2D eigenvalue weighted by Crippen LogP contribution is 2.49. The van der Waals surface area contributed by atoms with E-state index in [0.29, 0.717) is 0 Å². The van der Waals surface area contributed by atoms with Crippen LogP contribution in [0.1, 0.15) is 0 Å². The molecule has 0 fully saturated rings. The minimum absolute atomic E-state index is 0.804. The maximum absolute atomic E-state index is 5.49. The molecule has 21 aromatic rings. The molecule has 0 atom stereocenters. The molecule has 0 bridgehead atoms. The molecule has 112 heavy (non-hydrogen) atoms. The van der Waals surface area contributed by atoms with Crippen LogP contribution in [0.15, 0.2) is 389 Å².